The molecule has 1 fully saturated rings. The second kappa shape index (κ2) is 7.47. The molecule has 1 saturated heterocycles. The van der Waals surface area contributed by atoms with E-state index in [2.05, 4.69) is 5.32 Å². The first kappa shape index (κ1) is 18.4. The lowest BCUT2D eigenvalue weighted by Gasteiger charge is -2.13. The van der Waals surface area contributed by atoms with Gasteiger partial charge in [-0.2, -0.15) is 0 Å². The molecule has 2 aromatic rings. The molecule has 2 heterocycles. The second-order valence-corrected chi connectivity index (χ2v) is 8.04. The summed E-state index contributed by atoms with van der Waals surface area (Å²) in [5.74, 6) is -0.823. The molecule has 0 aliphatic carbocycles. The molecule has 1 aliphatic heterocycles. The van der Waals surface area contributed by atoms with Crippen molar-refractivity contribution in [3.05, 3.63) is 56.1 Å². The van der Waals surface area contributed by atoms with Gasteiger partial charge in [0.05, 0.1) is 4.91 Å². The highest BCUT2D eigenvalue weighted by atomic mass is 32.2. The molecule has 134 valence electrons. The van der Waals surface area contributed by atoms with Crippen molar-refractivity contribution in [2.45, 2.75) is 20.8 Å². The molecular weight excluding hydrogens is 368 g/mol. The van der Waals surface area contributed by atoms with Crippen molar-refractivity contribution < 1.29 is 14.4 Å². The highest BCUT2D eigenvalue weighted by Crippen LogP contribution is 2.33. The Morgan fingerprint density at radius 2 is 1.92 bits per heavy atom. The minimum atomic E-state index is -0.427. The van der Waals surface area contributed by atoms with E-state index in [1.807, 2.05) is 50.4 Å². The summed E-state index contributed by atoms with van der Waals surface area (Å²) < 4.78 is 0. The van der Waals surface area contributed by atoms with Crippen molar-refractivity contribution >= 4 is 51.9 Å². The van der Waals surface area contributed by atoms with Gasteiger partial charge in [-0.25, -0.2) is 0 Å². The van der Waals surface area contributed by atoms with Gasteiger partial charge in [0.15, 0.2) is 0 Å². The van der Waals surface area contributed by atoms with Gasteiger partial charge in [0, 0.05) is 10.6 Å². The zero-order valence-corrected chi connectivity index (χ0v) is 16.3. The van der Waals surface area contributed by atoms with E-state index in [9.17, 15) is 14.4 Å². The maximum atomic E-state index is 12.5. The highest BCUT2D eigenvalue weighted by Gasteiger charge is 2.36. The lowest BCUT2D eigenvalue weighted by molar-refractivity contribution is -0.127. The predicted octanol–water partition coefficient (Wildman–Crippen LogP) is 4.35. The Kier molecular flexibility index (Phi) is 5.29. The quantitative estimate of drug-likeness (QED) is 0.794. The molecular formula is C19H18N2O3S2. The van der Waals surface area contributed by atoms with Crippen molar-refractivity contribution in [1.29, 1.82) is 0 Å². The average Bonchev–Trinajstić information content (AvgIpc) is 3.09. The Morgan fingerprint density at radius 3 is 2.58 bits per heavy atom. The van der Waals surface area contributed by atoms with Crippen LogP contribution in [0.1, 0.15) is 21.6 Å². The molecule has 7 heteroatoms. The van der Waals surface area contributed by atoms with Crippen LogP contribution in [0.5, 0.6) is 0 Å². The van der Waals surface area contributed by atoms with Crippen LogP contribution in [0, 0.1) is 20.8 Å². The molecule has 26 heavy (non-hydrogen) atoms. The first-order valence-corrected chi connectivity index (χ1v) is 9.71. The van der Waals surface area contributed by atoms with Crippen LogP contribution in [0.15, 0.2) is 34.6 Å². The average molecular weight is 386 g/mol. The molecule has 0 saturated carbocycles. The zero-order chi connectivity index (χ0) is 18.8. The molecule has 1 aromatic heterocycles. The van der Waals surface area contributed by atoms with Crippen molar-refractivity contribution in [2.75, 3.05) is 11.9 Å². The number of thiophene rings is 1. The van der Waals surface area contributed by atoms with E-state index in [1.165, 1.54) is 11.3 Å². The van der Waals surface area contributed by atoms with Gasteiger partial charge in [0.2, 0.25) is 5.91 Å². The lowest BCUT2D eigenvalue weighted by Crippen LogP contribution is -2.36. The fourth-order valence-corrected chi connectivity index (χ4v) is 4.33. The van der Waals surface area contributed by atoms with Crippen LogP contribution in [0.4, 0.5) is 10.5 Å². The molecule has 1 aliphatic rings. The summed E-state index contributed by atoms with van der Waals surface area (Å²) in [5.41, 5.74) is 3.76. The lowest BCUT2D eigenvalue weighted by atomic mass is 10.1. The van der Waals surface area contributed by atoms with Crippen LogP contribution in [-0.2, 0) is 9.59 Å². The van der Waals surface area contributed by atoms with Crippen LogP contribution >= 0.6 is 23.1 Å². The summed E-state index contributed by atoms with van der Waals surface area (Å²) in [6.07, 6.45) is 1.72. The number of aryl methyl sites for hydroxylation is 3. The number of carbonyl (C=O) groups excluding carboxylic acids is 3. The van der Waals surface area contributed by atoms with Gasteiger partial charge in [-0.1, -0.05) is 17.7 Å². The summed E-state index contributed by atoms with van der Waals surface area (Å²) in [5, 5.41) is 4.27. The summed E-state index contributed by atoms with van der Waals surface area (Å²) in [4.78, 5) is 39.2. The summed E-state index contributed by atoms with van der Waals surface area (Å²) in [6.45, 7) is 5.53. The first-order valence-electron chi connectivity index (χ1n) is 8.01. The van der Waals surface area contributed by atoms with Crippen LogP contribution in [0.2, 0.25) is 0 Å². The number of amides is 3. The van der Waals surface area contributed by atoms with E-state index in [0.29, 0.717) is 10.6 Å². The number of nitrogens with zero attached hydrogens (tertiary/aromatic N) is 1. The fraction of sp³-hybridized carbons (Fsp3) is 0.211. The Balaban J connectivity index is 1.70. The van der Waals surface area contributed by atoms with E-state index in [0.717, 1.165) is 38.2 Å². The second-order valence-electron chi connectivity index (χ2n) is 6.10. The number of carbonyl (C=O) groups is 3. The number of nitrogens with one attached hydrogen (secondary N) is 1. The van der Waals surface area contributed by atoms with E-state index in [-0.39, 0.29) is 6.54 Å². The van der Waals surface area contributed by atoms with Crippen molar-refractivity contribution in [2.24, 2.45) is 0 Å². The van der Waals surface area contributed by atoms with Gasteiger partial charge in [-0.05, 0) is 67.2 Å². The van der Waals surface area contributed by atoms with Crippen LogP contribution < -0.4 is 5.32 Å². The normalized spacial score (nSPS) is 15.8. The van der Waals surface area contributed by atoms with Crippen LogP contribution in [0.25, 0.3) is 6.08 Å². The largest absolute Gasteiger partial charge is 0.324 e. The Labute approximate surface area is 160 Å². The number of hydrogen-bond acceptors (Lipinski definition) is 5. The number of thioether (sulfide) groups is 1. The maximum absolute atomic E-state index is 12.5. The Hall–Kier alpha value is -2.38. The molecule has 0 bridgehead atoms. The number of anilines is 1. The molecule has 0 spiro atoms. The molecule has 0 unspecified atom stereocenters. The minimum absolute atomic E-state index is 0.293. The van der Waals surface area contributed by atoms with E-state index < -0.39 is 17.1 Å². The first-order chi connectivity index (χ1) is 12.3. The van der Waals surface area contributed by atoms with Gasteiger partial charge < -0.3 is 5.32 Å². The van der Waals surface area contributed by atoms with Gasteiger partial charge >= 0.3 is 0 Å². The maximum Gasteiger partial charge on any atom is 0.294 e. The third-order valence-corrected chi connectivity index (χ3v) is 5.87. The molecule has 5 nitrogen and oxygen atoms in total. The summed E-state index contributed by atoms with van der Waals surface area (Å²) in [7, 11) is 0. The molecule has 1 aromatic carbocycles. The number of hydrogen-bond donors (Lipinski definition) is 1. The Bertz CT molecular complexity index is 931. The molecule has 1 N–H and O–H groups in total. The molecule has 0 atom stereocenters. The standard InChI is InChI=1S/C19H18N2O3S2/c1-11-4-5-14(13(3)8-11)20-17(22)10-21-18(23)16(26-19(21)24)9-15-12(2)6-7-25-15/h4-9H,10H2,1-3H3,(H,20,22)/b16-9+. The van der Waals surface area contributed by atoms with Crippen molar-refractivity contribution in [1.82, 2.24) is 4.90 Å². The van der Waals surface area contributed by atoms with Crippen molar-refractivity contribution in [3.8, 4) is 0 Å². The fourth-order valence-electron chi connectivity index (χ4n) is 2.57. The van der Waals surface area contributed by atoms with Gasteiger partial charge in [0.25, 0.3) is 11.1 Å². The van der Waals surface area contributed by atoms with Gasteiger partial charge in [-0.15, -0.1) is 11.3 Å². The Morgan fingerprint density at radius 1 is 1.15 bits per heavy atom. The van der Waals surface area contributed by atoms with Gasteiger partial charge in [0.1, 0.15) is 6.54 Å². The third kappa shape index (κ3) is 3.89. The monoisotopic (exact) mass is 386 g/mol. The number of rotatable bonds is 4. The van der Waals surface area contributed by atoms with Gasteiger partial charge in [-0.3, -0.25) is 19.3 Å². The smallest absolute Gasteiger partial charge is 0.294 e. The SMILES string of the molecule is Cc1ccc(NC(=O)CN2C(=O)S/C(=C/c3sccc3C)C2=O)c(C)c1. The topological polar surface area (TPSA) is 66.5 Å². The highest BCUT2D eigenvalue weighted by molar-refractivity contribution is 8.18. The minimum Gasteiger partial charge on any atom is -0.324 e. The van der Waals surface area contributed by atoms with E-state index in [4.69, 9.17) is 0 Å². The number of imide groups is 1. The van der Waals surface area contributed by atoms with Crippen LogP contribution in [-0.4, -0.2) is 28.5 Å². The molecule has 0 radical (unpaired) electrons. The molecule has 3 rings (SSSR count). The summed E-state index contributed by atoms with van der Waals surface area (Å²) in [6, 6.07) is 7.63. The zero-order valence-electron chi connectivity index (χ0n) is 14.7. The third-order valence-electron chi connectivity index (χ3n) is 4.00. The summed E-state index contributed by atoms with van der Waals surface area (Å²) >= 11 is 2.38. The van der Waals surface area contributed by atoms with Crippen LogP contribution in [0.3, 0.4) is 0 Å². The van der Waals surface area contributed by atoms with E-state index in [1.54, 1.807) is 6.08 Å². The van der Waals surface area contributed by atoms with E-state index >= 15 is 0 Å². The molecule has 3 amide bonds. The number of benzene rings is 1. The predicted molar refractivity (Wildman–Crippen MR) is 106 cm³/mol. The van der Waals surface area contributed by atoms with Crippen molar-refractivity contribution in [3.63, 3.8) is 0 Å².